The van der Waals surface area contributed by atoms with Gasteiger partial charge in [-0.05, 0) is 24.3 Å². The Labute approximate surface area is 112 Å². The molecule has 0 aliphatic carbocycles. The molecule has 0 bridgehead atoms. The van der Waals surface area contributed by atoms with E-state index in [1.165, 1.54) is 0 Å². The molecule has 1 N–H and O–H groups in total. The molecular weight excluding hydrogens is 240 g/mol. The first kappa shape index (κ1) is 13.0. The number of ether oxygens (including phenoxy) is 2. The summed E-state index contributed by atoms with van der Waals surface area (Å²) in [5.41, 5.74) is 4.74. The van der Waals surface area contributed by atoms with E-state index in [4.69, 9.17) is 9.47 Å². The lowest BCUT2D eigenvalue weighted by Gasteiger charge is -2.09. The normalized spacial score (nSPS) is 10.4. The van der Waals surface area contributed by atoms with Crippen molar-refractivity contribution in [2.24, 2.45) is 5.10 Å². The Bertz CT molecular complexity index is 553. The van der Waals surface area contributed by atoms with Crippen molar-refractivity contribution in [1.29, 1.82) is 0 Å². The van der Waals surface area contributed by atoms with Gasteiger partial charge in [-0.15, -0.1) is 0 Å². The Balaban J connectivity index is 2.15. The van der Waals surface area contributed by atoms with Gasteiger partial charge in [0, 0.05) is 5.56 Å². The van der Waals surface area contributed by atoms with Gasteiger partial charge in [0.2, 0.25) is 0 Å². The van der Waals surface area contributed by atoms with E-state index in [1.807, 2.05) is 48.5 Å². The van der Waals surface area contributed by atoms with Crippen LogP contribution in [0.4, 0.5) is 5.69 Å². The van der Waals surface area contributed by atoms with E-state index in [0.29, 0.717) is 11.5 Å². The molecule has 0 saturated carbocycles. The molecular formula is C15H16N2O2. The van der Waals surface area contributed by atoms with Crippen LogP contribution in [0.3, 0.4) is 0 Å². The first-order valence-electron chi connectivity index (χ1n) is 5.90. The Hall–Kier alpha value is -2.49. The second-order valence-corrected chi connectivity index (χ2v) is 3.82. The second kappa shape index (κ2) is 6.44. The Kier molecular flexibility index (Phi) is 4.39. The zero-order chi connectivity index (χ0) is 13.5. The number of anilines is 1. The Morgan fingerprint density at radius 2 is 1.74 bits per heavy atom. The van der Waals surface area contributed by atoms with Crippen molar-refractivity contribution >= 4 is 11.9 Å². The molecule has 0 saturated heterocycles. The number of para-hydroxylation sites is 2. The summed E-state index contributed by atoms with van der Waals surface area (Å²) >= 11 is 0. The van der Waals surface area contributed by atoms with Crippen molar-refractivity contribution in [3.8, 4) is 11.5 Å². The number of hydrogen-bond donors (Lipinski definition) is 1. The van der Waals surface area contributed by atoms with Gasteiger partial charge in [-0.2, -0.15) is 5.10 Å². The van der Waals surface area contributed by atoms with E-state index in [2.05, 4.69) is 10.5 Å². The zero-order valence-electron chi connectivity index (χ0n) is 11.0. The van der Waals surface area contributed by atoms with Crippen LogP contribution in [0.15, 0.2) is 53.6 Å². The van der Waals surface area contributed by atoms with E-state index in [1.54, 1.807) is 20.4 Å². The summed E-state index contributed by atoms with van der Waals surface area (Å²) in [5, 5.41) is 4.19. The van der Waals surface area contributed by atoms with Crippen molar-refractivity contribution in [1.82, 2.24) is 0 Å². The number of hydrogen-bond acceptors (Lipinski definition) is 4. The number of nitrogens with zero attached hydrogens (tertiary/aromatic N) is 1. The van der Waals surface area contributed by atoms with Crippen LogP contribution < -0.4 is 14.9 Å². The summed E-state index contributed by atoms with van der Waals surface area (Å²) in [5.74, 6) is 1.36. The maximum Gasteiger partial charge on any atom is 0.169 e. The van der Waals surface area contributed by atoms with Crippen LogP contribution in [0.1, 0.15) is 5.56 Å². The summed E-state index contributed by atoms with van der Waals surface area (Å²) in [7, 11) is 3.22. The number of hydrazone groups is 1. The highest BCUT2D eigenvalue weighted by Crippen LogP contribution is 2.29. The predicted molar refractivity (Wildman–Crippen MR) is 77.2 cm³/mol. The van der Waals surface area contributed by atoms with Crippen LogP contribution in [0.25, 0.3) is 0 Å². The summed E-state index contributed by atoms with van der Waals surface area (Å²) in [6.07, 6.45) is 1.70. The molecule has 0 heterocycles. The van der Waals surface area contributed by atoms with Gasteiger partial charge in [-0.1, -0.05) is 24.3 Å². The summed E-state index contributed by atoms with van der Waals surface area (Å²) < 4.78 is 10.6. The van der Waals surface area contributed by atoms with Crippen LogP contribution in [0.5, 0.6) is 11.5 Å². The largest absolute Gasteiger partial charge is 0.493 e. The third-order valence-electron chi connectivity index (χ3n) is 2.60. The van der Waals surface area contributed by atoms with Crippen molar-refractivity contribution in [2.45, 2.75) is 0 Å². The van der Waals surface area contributed by atoms with Crippen molar-refractivity contribution in [2.75, 3.05) is 19.6 Å². The minimum absolute atomic E-state index is 0.670. The summed E-state index contributed by atoms with van der Waals surface area (Å²) in [6, 6.07) is 15.4. The predicted octanol–water partition coefficient (Wildman–Crippen LogP) is 3.15. The van der Waals surface area contributed by atoms with Crippen LogP contribution in [0, 0.1) is 0 Å². The van der Waals surface area contributed by atoms with Gasteiger partial charge < -0.3 is 9.47 Å². The standard InChI is InChI=1S/C15H16N2O2/c1-18-14-10-6-7-12(15(14)19-2)11-16-17-13-8-4-3-5-9-13/h3-11,17H,1-2H3/b16-11+. The van der Waals surface area contributed by atoms with Crippen molar-refractivity contribution in [3.63, 3.8) is 0 Å². The number of nitrogens with one attached hydrogen (secondary N) is 1. The quantitative estimate of drug-likeness (QED) is 0.660. The van der Waals surface area contributed by atoms with E-state index in [-0.39, 0.29) is 0 Å². The molecule has 2 aromatic rings. The maximum absolute atomic E-state index is 5.33. The molecule has 98 valence electrons. The number of benzene rings is 2. The summed E-state index contributed by atoms with van der Waals surface area (Å²) in [6.45, 7) is 0. The fourth-order valence-corrected chi connectivity index (χ4v) is 1.70. The lowest BCUT2D eigenvalue weighted by molar-refractivity contribution is 0.354. The molecule has 0 aliphatic heterocycles. The molecule has 0 aliphatic rings. The second-order valence-electron chi connectivity index (χ2n) is 3.82. The van der Waals surface area contributed by atoms with E-state index < -0.39 is 0 Å². The highest BCUT2D eigenvalue weighted by Gasteiger charge is 2.06. The van der Waals surface area contributed by atoms with Crippen LogP contribution >= 0.6 is 0 Å². The van der Waals surface area contributed by atoms with Crippen LogP contribution in [0.2, 0.25) is 0 Å². The lowest BCUT2D eigenvalue weighted by atomic mass is 10.2. The monoisotopic (exact) mass is 256 g/mol. The SMILES string of the molecule is COc1cccc(/C=N/Nc2ccccc2)c1OC. The average Bonchev–Trinajstić information content (AvgIpc) is 2.48. The number of methoxy groups -OCH3 is 2. The molecule has 0 spiro atoms. The van der Waals surface area contributed by atoms with E-state index in [0.717, 1.165) is 11.3 Å². The average molecular weight is 256 g/mol. The summed E-state index contributed by atoms with van der Waals surface area (Å²) in [4.78, 5) is 0. The third kappa shape index (κ3) is 3.25. The molecule has 0 fully saturated rings. The molecule has 0 radical (unpaired) electrons. The molecule has 0 aromatic heterocycles. The van der Waals surface area contributed by atoms with Gasteiger partial charge in [-0.25, -0.2) is 0 Å². The van der Waals surface area contributed by atoms with Gasteiger partial charge in [0.15, 0.2) is 11.5 Å². The zero-order valence-corrected chi connectivity index (χ0v) is 11.0. The van der Waals surface area contributed by atoms with Gasteiger partial charge >= 0.3 is 0 Å². The molecule has 2 rings (SSSR count). The first-order valence-corrected chi connectivity index (χ1v) is 5.90. The third-order valence-corrected chi connectivity index (χ3v) is 2.60. The highest BCUT2D eigenvalue weighted by molar-refractivity contribution is 5.85. The molecule has 0 amide bonds. The molecule has 4 nitrogen and oxygen atoms in total. The fourth-order valence-electron chi connectivity index (χ4n) is 1.70. The van der Waals surface area contributed by atoms with Crippen molar-refractivity contribution in [3.05, 3.63) is 54.1 Å². The Morgan fingerprint density at radius 3 is 2.42 bits per heavy atom. The molecule has 19 heavy (non-hydrogen) atoms. The van der Waals surface area contributed by atoms with E-state index in [9.17, 15) is 0 Å². The topological polar surface area (TPSA) is 42.8 Å². The van der Waals surface area contributed by atoms with Crippen molar-refractivity contribution < 1.29 is 9.47 Å². The van der Waals surface area contributed by atoms with Gasteiger partial charge in [-0.3, -0.25) is 5.43 Å². The Morgan fingerprint density at radius 1 is 0.947 bits per heavy atom. The first-order chi connectivity index (χ1) is 9.35. The maximum atomic E-state index is 5.33. The molecule has 2 aromatic carbocycles. The fraction of sp³-hybridized carbons (Fsp3) is 0.133. The van der Waals surface area contributed by atoms with Gasteiger partial charge in [0.25, 0.3) is 0 Å². The molecule has 4 heteroatoms. The van der Waals surface area contributed by atoms with Gasteiger partial charge in [0.05, 0.1) is 26.1 Å². The molecule has 0 unspecified atom stereocenters. The van der Waals surface area contributed by atoms with Crippen LogP contribution in [-0.4, -0.2) is 20.4 Å². The molecule has 0 atom stereocenters. The number of rotatable bonds is 5. The van der Waals surface area contributed by atoms with E-state index >= 15 is 0 Å². The minimum Gasteiger partial charge on any atom is -0.493 e. The smallest absolute Gasteiger partial charge is 0.169 e. The van der Waals surface area contributed by atoms with Crippen LogP contribution in [-0.2, 0) is 0 Å². The lowest BCUT2D eigenvalue weighted by Crippen LogP contribution is -1.96. The minimum atomic E-state index is 0.670. The highest BCUT2D eigenvalue weighted by atomic mass is 16.5. The van der Waals surface area contributed by atoms with Gasteiger partial charge in [0.1, 0.15) is 0 Å².